The molecule has 22 heavy (non-hydrogen) atoms. The molecule has 2 rings (SSSR count). The number of nitrogens with one attached hydrogen (secondary N) is 1. The van der Waals surface area contributed by atoms with Crippen molar-refractivity contribution >= 4 is 50.5 Å². The van der Waals surface area contributed by atoms with E-state index in [1.165, 1.54) is 30.3 Å². The van der Waals surface area contributed by atoms with Gasteiger partial charge in [0.1, 0.15) is 5.75 Å². The van der Waals surface area contributed by atoms with Gasteiger partial charge in [0.15, 0.2) is 0 Å². The molecule has 2 aromatic carbocycles. The number of ether oxygens (including phenoxy) is 1. The number of hydrogen-bond acceptors (Lipinski definition) is 3. The summed E-state index contributed by atoms with van der Waals surface area (Å²) in [4.78, 5) is -0.00278. The molecule has 0 fully saturated rings. The highest BCUT2D eigenvalue weighted by atomic mass is 35.5. The number of anilines is 1. The third kappa shape index (κ3) is 3.98. The Morgan fingerprint density at radius 2 is 1.77 bits per heavy atom. The second kappa shape index (κ2) is 6.96. The second-order valence-electron chi connectivity index (χ2n) is 4.25. The van der Waals surface area contributed by atoms with Crippen molar-refractivity contribution in [2.24, 2.45) is 0 Å². The predicted molar refractivity (Wildman–Crippen MR) is 89.9 cm³/mol. The van der Waals surface area contributed by atoms with Crippen LogP contribution in [0.3, 0.4) is 0 Å². The average Bonchev–Trinajstić information content (AvgIpc) is 2.45. The maximum Gasteiger partial charge on any atom is 0.261 e. The van der Waals surface area contributed by atoms with Crippen LogP contribution in [0.1, 0.15) is 6.92 Å². The number of hydrogen-bond donors (Lipinski definition) is 1. The van der Waals surface area contributed by atoms with Crippen LogP contribution in [-0.2, 0) is 10.0 Å². The van der Waals surface area contributed by atoms with Crippen molar-refractivity contribution in [3.8, 4) is 5.75 Å². The molecule has 4 nitrogen and oxygen atoms in total. The van der Waals surface area contributed by atoms with E-state index in [9.17, 15) is 8.42 Å². The summed E-state index contributed by atoms with van der Waals surface area (Å²) in [5.41, 5.74) is 0.194. The molecule has 0 unspecified atom stereocenters. The van der Waals surface area contributed by atoms with Crippen molar-refractivity contribution in [1.29, 1.82) is 0 Å². The van der Waals surface area contributed by atoms with Crippen LogP contribution in [-0.4, -0.2) is 15.0 Å². The van der Waals surface area contributed by atoms with Crippen molar-refractivity contribution in [1.82, 2.24) is 0 Å². The zero-order valence-electron chi connectivity index (χ0n) is 11.4. The van der Waals surface area contributed by atoms with Gasteiger partial charge in [0, 0.05) is 5.02 Å². The molecule has 2 aromatic rings. The molecule has 0 aromatic heterocycles. The molecule has 0 radical (unpaired) electrons. The molecular formula is C14H12Cl3NO3S. The van der Waals surface area contributed by atoms with Gasteiger partial charge in [-0.2, -0.15) is 0 Å². The Morgan fingerprint density at radius 1 is 1.05 bits per heavy atom. The molecule has 8 heteroatoms. The fourth-order valence-electron chi connectivity index (χ4n) is 1.70. The average molecular weight is 381 g/mol. The molecular weight excluding hydrogens is 369 g/mol. The normalized spacial score (nSPS) is 11.3. The third-order valence-corrected chi connectivity index (χ3v) is 4.91. The lowest BCUT2D eigenvalue weighted by Crippen LogP contribution is -2.13. The van der Waals surface area contributed by atoms with E-state index >= 15 is 0 Å². The molecule has 0 saturated carbocycles. The van der Waals surface area contributed by atoms with E-state index in [2.05, 4.69) is 4.72 Å². The van der Waals surface area contributed by atoms with Gasteiger partial charge in [0.2, 0.25) is 0 Å². The van der Waals surface area contributed by atoms with Crippen LogP contribution in [0.25, 0.3) is 0 Å². The van der Waals surface area contributed by atoms with Crippen molar-refractivity contribution in [3.05, 3.63) is 51.5 Å². The fraction of sp³-hybridized carbons (Fsp3) is 0.143. The molecule has 0 atom stereocenters. The van der Waals surface area contributed by atoms with Gasteiger partial charge in [-0.1, -0.05) is 34.8 Å². The van der Waals surface area contributed by atoms with Crippen LogP contribution in [0.5, 0.6) is 5.75 Å². The number of benzene rings is 2. The van der Waals surface area contributed by atoms with E-state index in [1.54, 1.807) is 6.07 Å². The van der Waals surface area contributed by atoms with Crippen LogP contribution in [0.15, 0.2) is 41.3 Å². The molecule has 118 valence electrons. The molecule has 0 bridgehead atoms. The van der Waals surface area contributed by atoms with Gasteiger partial charge in [-0.15, -0.1) is 0 Å². The minimum atomic E-state index is -3.84. The Hall–Kier alpha value is -1.14. The summed E-state index contributed by atoms with van der Waals surface area (Å²) in [5.74, 6) is 0.420. The van der Waals surface area contributed by atoms with E-state index in [4.69, 9.17) is 39.5 Å². The van der Waals surface area contributed by atoms with Gasteiger partial charge >= 0.3 is 0 Å². The summed E-state index contributed by atoms with van der Waals surface area (Å²) in [5, 5.41) is 0.818. The van der Waals surface area contributed by atoms with E-state index in [0.717, 1.165) is 0 Å². The summed E-state index contributed by atoms with van der Waals surface area (Å²) in [6.45, 7) is 2.24. The first kappa shape index (κ1) is 17.2. The van der Waals surface area contributed by atoms with Crippen LogP contribution in [0, 0.1) is 0 Å². The fourth-order valence-corrected chi connectivity index (χ4v) is 3.49. The molecule has 0 aliphatic rings. The van der Waals surface area contributed by atoms with Gasteiger partial charge < -0.3 is 4.74 Å². The van der Waals surface area contributed by atoms with Gasteiger partial charge in [0.05, 0.1) is 27.2 Å². The van der Waals surface area contributed by atoms with Crippen molar-refractivity contribution in [3.63, 3.8) is 0 Å². The zero-order valence-corrected chi connectivity index (χ0v) is 14.5. The van der Waals surface area contributed by atoms with Crippen LogP contribution < -0.4 is 9.46 Å². The van der Waals surface area contributed by atoms with Gasteiger partial charge in [0.25, 0.3) is 10.0 Å². The largest absolute Gasteiger partial charge is 0.492 e. The Balaban J connectivity index is 2.34. The first-order chi connectivity index (χ1) is 10.3. The van der Waals surface area contributed by atoms with Crippen LogP contribution >= 0.6 is 34.8 Å². The van der Waals surface area contributed by atoms with E-state index < -0.39 is 10.0 Å². The summed E-state index contributed by atoms with van der Waals surface area (Å²) in [6.07, 6.45) is 0. The number of rotatable bonds is 5. The number of sulfonamides is 1. The standard InChI is InChI=1S/C14H12Cl3NO3S/c1-2-21-14-6-4-10(8-12(14)17)22(19,20)18-13-7-9(15)3-5-11(13)16/h3-8,18H,2H2,1H3. The lowest BCUT2D eigenvalue weighted by molar-refractivity contribution is 0.340. The smallest absolute Gasteiger partial charge is 0.261 e. The quantitative estimate of drug-likeness (QED) is 0.807. The zero-order chi connectivity index (χ0) is 16.3. The van der Waals surface area contributed by atoms with Crippen LogP contribution in [0.4, 0.5) is 5.69 Å². The second-order valence-corrected chi connectivity index (χ2v) is 7.19. The number of halogens is 3. The Labute approximate surface area is 144 Å². The van der Waals surface area contributed by atoms with Gasteiger partial charge in [-0.25, -0.2) is 8.42 Å². The Kier molecular flexibility index (Phi) is 5.45. The monoisotopic (exact) mass is 379 g/mol. The highest BCUT2D eigenvalue weighted by Crippen LogP contribution is 2.30. The first-order valence-corrected chi connectivity index (χ1v) is 8.85. The summed E-state index contributed by atoms with van der Waals surface area (Å²) >= 11 is 17.8. The lowest BCUT2D eigenvalue weighted by Gasteiger charge is -2.11. The van der Waals surface area contributed by atoms with E-state index in [-0.39, 0.29) is 20.6 Å². The third-order valence-electron chi connectivity index (χ3n) is 2.69. The molecule has 0 heterocycles. The SMILES string of the molecule is CCOc1ccc(S(=O)(=O)Nc2cc(Cl)ccc2Cl)cc1Cl. The van der Waals surface area contributed by atoms with Crippen molar-refractivity contribution < 1.29 is 13.2 Å². The lowest BCUT2D eigenvalue weighted by atomic mass is 10.3. The highest BCUT2D eigenvalue weighted by Gasteiger charge is 2.18. The molecule has 1 N–H and O–H groups in total. The minimum absolute atomic E-state index is 0.00278. The van der Waals surface area contributed by atoms with Crippen molar-refractivity contribution in [2.45, 2.75) is 11.8 Å². The Morgan fingerprint density at radius 3 is 2.41 bits per heavy atom. The summed E-state index contributed by atoms with van der Waals surface area (Å²) in [6, 6.07) is 8.71. The van der Waals surface area contributed by atoms with E-state index in [1.807, 2.05) is 6.92 Å². The Bertz CT molecular complexity index is 794. The highest BCUT2D eigenvalue weighted by molar-refractivity contribution is 7.92. The van der Waals surface area contributed by atoms with Gasteiger partial charge in [-0.05, 0) is 43.3 Å². The maximum atomic E-state index is 12.4. The molecule has 0 spiro atoms. The minimum Gasteiger partial charge on any atom is -0.492 e. The van der Waals surface area contributed by atoms with E-state index in [0.29, 0.717) is 17.4 Å². The maximum absolute atomic E-state index is 12.4. The summed E-state index contributed by atoms with van der Waals surface area (Å²) < 4.78 is 32.4. The molecule has 0 aliphatic heterocycles. The van der Waals surface area contributed by atoms with Crippen LogP contribution in [0.2, 0.25) is 15.1 Å². The topological polar surface area (TPSA) is 55.4 Å². The van der Waals surface area contributed by atoms with Crippen molar-refractivity contribution in [2.75, 3.05) is 11.3 Å². The first-order valence-electron chi connectivity index (χ1n) is 6.23. The van der Waals surface area contributed by atoms with Gasteiger partial charge in [-0.3, -0.25) is 4.72 Å². The predicted octanol–water partition coefficient (Wildman–Crippen LogP) is 4.85. The molecule has 0 saturated heterocycles. The molecule has 0 aliphatic carbocycles. The summed E-state index contributed by atoms with van der Waals surface area (Å²) in [7, 11) is -3.84. The molecule has 0 amide bonds.